The van der Waals surface area contributed by atoms with Crippen LogP contribution in [0.4, 0.5) is 4.39 Å². The molecule has 1 N–H and O–H groups in total. The smallest absolute Gasteiger partial charge is 0.146 e. The summed E-state index contributed by atoms with van der Waals surface area (Å²) in [6, 6.07) is 11.0. The lowest BCUT2D eigenvalue weighted by atomic mass is 10.0. The Labute approximate surface area is 121 Å². The Morgan fingerprint density at radius 3 is 2.84 bits per heavy atom. The molecule has 0 aliphatic carbocycles. The van der Waals surface area contributed by atoms with Gasteiger partial charge in [-0.05, 0) is 42.8 Å². The summed E-state index contributed by atoms with van der Waals surface area (Å²) in [5.74, 6) is -0.261. The molecule has 19 heavy (non-hydrogen) atoms. The zero-order valence-corrected chi connectivity index (χ0v) is 12.3. The fourth-order valence-corrected chi connectivity index (χ4v) is 2.51. The summed E-state index contributed by atoms with van der Waals surface area (Å²) in [6.45, 7) is 2.78. The van der Waals surface area contributed by atoms with Crippen molar-refractivity contribution in [2.75, 3.05) is 6.54 Å². The van der Waals surface area contributed by atoms with E-state index in [0.29, 0.717) is 12.1 Å². The first-order chi connectivity index (χ1) is 9.20. The van der Waals surface area contributed by atoms with Gasteiger partial charge in [0.05, 0.1) is 11.7 Å². The van der Waals surface area contributed by atoms with Crippen LogP contribution in [0.15, 0.2) is 47.1 Å². The number of nitrogens with zero attached hydrogens (tertiary/aromatic N) is 1. The summed E-state index contributed by atoms with van der Waals surface area (Å²) in [5.41, 5.74) is 1.62. The third kappa shape index (κ3) is 3.85. The van der Waals surface area contributed by atoms with E-state index in [0.717, 1.165) is 16.6 Å². The molecule has 0 bridgehead atoms. The number of hydrogen-bond acceptors (Lipinski definition) is 2. The van der Waals surface area contributed by atoms with Crippen molar-refractivity contribution < 1.29 is 4.39 Å². The molecule has 0 aliphatic heterocycles. The van der Waals surface area contributed by atoms with Crippen LogP contribution in [0.1, 0.15) is 24.2 Å². The summed E-state index contributed by atoms with van der Waals surface area (Å²) in [4.78, 5) is 4.17. The lowest BCUT2D eigenvalue weighted by Crippen LogP contribution is -2.25. The van der Waals surface area contributed by atoms with E-state index >= 15 is 0 Å². The molecule has 0 saturated heterocycles. The second-order valence-corrected chi connectivity index (χ2v) is 5.23. The Kier molecular flexibility index (Phi) is 5.05. The van der Waals surface area contributed by atoms with Crippen LogP contribution in [-0.2, 0) is 6.42 Å². The molecule has 2 aromatic rings. The fraction of sp³-hybridized carbons (Fsp3) is 0.267. The van der Waals surface area contributed by atoms with Crippen molar-refractivity contribution in [3.8, 4) is 0 Å². The van der Waals surface area contributed by atoms with E-state index in [9.17, 15) is 4.39 Å². The Morgan fingerprint density at radius 2 is 2.16 bits per heavy atom. The van der Waals surface area contributed by atoms with Crippen LogP contribution in [0.5, 0.6) is 0 Å². The SMILES string of the molecule is CCNC(Cc1cccc(Br)c1)c1ncccc1F. The summed E-state index contributed by atoms with van der Waals surface area (Å²) >= 11 is 3.45. The number of hydrogen-bond donors (Lipinski definition) is 1. The molecule has 0 saturated carbocycles. The number of pyridine rings is 1. The van der Waals surface area contributed by atoms with E-state index in [1.807, 2.05) is 31.2 Å². The zero-order chi connectivity index (χ0) is 13.7. The highest BCUT2D eigenvalue weighted by atomic mass is 79.9. The topological polar surface area (TPSA) is 24.9 Å². The van der Waals surface area contributed by atoms with Crippen molar-refractivity contribution in [2.24, 2.45) is 0 Å². The van der Waals surface area contributed by atoms with Crippen molar-refractivity contribution >= 4 is 15.9 Å². The molecule has 2 rings (SSSR count). The second-order valence-electron chi connectivity index (χ2n) is 4.31. The molecule has 0 radical (unpaired) electrons. The normalized spacial score (nSPS) is 12.4. The van der Waals surface area contributed by atoms with Gasteiger partial charge in [0.1, 0.15) is 5.82 Å². The number of benzene rings is 1. The number of aromatic nitrogens is 1. The quantitative estimate of drug-likeness (QED) is 0.903. The van der Waals surface area contributed by atoms with Crippen molar-refractivity contribution in [1.29, 1.82) is 0 Å². The molecule has 2 nitrogen and oxygen atoms in total. The molecule has 1 aromatic heterocycles. The van der Waals surface area contributed by atoms with Gasteiger partial charge in [-0.15, -0.1) is 0 Å². The molecule has 1 atom stereocenters. The number of likely N-dealkylation sites (N-methyl/N-ethyl adjacent to an activating group) is 1. The Bertz CT molecular complexity index is 545. The predicted octanol–water partition coefficient (Wildman–Crippen LogP) is 3.88. The lowest BCUT2D eigenvalue weighted by Gasteiger charge is -2.18. The van der Waals surface area contributed by atoms with Crippen molar-refractivity contribution in [1.82, 2.24) is 10.3 Å². The Balaban J connectivity index is 2.24. The van der Waals surface area contributed by atoms with E-state index in [-0.39, 0.29) is 11.9 Å². The predicted molar refractivity (Wildman–Crippen MR) is 78.5 cm³/mol. The van der Waals surface area contributed by atoms with Crippen LogP contribution in [0, 0.1) is 5.82 Å². The molecule has 0 amide bonds. The minimum Gasteiger partial charge on any atom is -0.309 e. The average Bonchev–Trinajstić information content (AvgIpc) is 2.39. The van der Waals surface area contributed by atoms with Crippen LogP contribution in [0.3, 0.4) is 0 Å². The van der Waals surface area contributed by atoms with Crippen molar-refractivity contribution in [3.05, 3.63) is 64.1 Å². The van der Waals surface area contributed by atoms with Crippen LogP contribution < -0.4 is 5.32 Å². The monoisotopic (exact) mass is 322 g/mol. The number of halogens is 2. The molecule has 1 aromatic carbocycles. The first-order valence-corrected chi connectivity index (χ1v) is 7.08. The average molecular weight is 323 g/mol. The van der Waals surface area contributed by atoms with E-state index < -0.39 is 0 Å². The molecule has 100 valence electrons. The number of rotatable bonds is 5. The highest BCUT2D eigenvalue weighted by Crippen LogP contribution is 2.21. The molecular weight excluding hydrogens is 307 g/mol. The van der Waals surface area contributed by atoms with Gasteiger partial charge in [-0.25, -0.2) is 4.39 Å². The minimum absolute atomic E-state index is 0.111. The molecule has 1 unspecified atom stereocenters. The molecule has 0 aliphatic rings. The van der Waals surface area contributed by atoms with Gasteiger partial charge in [0.2, 0.25) is 0 Å². The maximum Gasteiger partial charge on any atom is 0.146 e. The van der Waals surface area contributed by atoms with Gasteiger partial charge in [-0.3, -0.25) is 4.98 Å². The molecule has 4 heteroatoms. The standard InChI is InChI=1S/C15H16BrFN2/c1-2-18-14(15-13(17)7-4-8-19-15)10-11-5-3-6-12(16)9-11/h3-9,14,18H,2,10H2,1H3. The van der Waals surface area contributed by atoms with E-state index in [4.69, 9.17) is 0 Å². The molecule has 0 fully saturated rings. The number of nitrogens with one attached hydrogen (secondary N) is 1. The van der Waals surface area contributed by atoms with Gasteiger partial charge in [0.15, 0.2) is 0 Å². The third-order valence-electron chi connectivity index (χ3n) is 2.90. The Morgan fingerprint density at radius 1 is 1.32 bits per heavy atom. The molecule has 1 heterocycles. The first-order valence-electron chi connectivity index (χ1n) is 6.29. The first kappa shape index (κ1) is 14.2. The summed E-state index contributed by atoms with van der Waals surface area (Å²) in [6.07, 6.45) is 2.34. The lowest BCUT2D eigenvalue weighted by molar-refractivity contribution is 0.494. The van der Waals surface area contributed by atoms with Gasteiger partial charge in [0, 0.05) is 10.7 Å². The molecular formula is C15H16BrFN2. The summed E-state index contributed by atoms with van der Waals surface area (Å²) < 4.78 is 14.9. The Hall–Kier alpha value is -1.26. The minimum atomic E-state index is -0.261. The maximum atomic E-state index is 13.8. The van der Waals surface area contributed by atoms with Gasteiger partial charge in [0.25, 0.3) is 0 Å². The summed E-state index contributed by atoms with van der Waals surface area (Å²) in [7, 11) is 0. The second kappa shape index (κ2) is 6.78. The van der Waals surface area contributed by atoms with Gasteiger partial charge < -0.3 is 5.32 Å². The van der Waals surface area contributed by atoms with Crippen LogP contribution in [0.25, 0.3) is 0 Å². The maximum absolute atomic E-state index is 13.8. The van der Waals surface area contributed by atoms with Crippen LogP contribution in [-0.4, -0.2) is 11.5 Å². The van der Waals surface area contributed by atoms with Crippen LogP contribution in [0.2, 0.25) is 0 Å². The van der Waals surface area contributed by atoms with Gasteiger partial charge >= 0.3 is 0 Å². The van der Waals surface area contributed by atoms with Gasteiger partial charge in [-0.1, -0.05) is 35.0 Å². The van der Waals surface area contributed by atoms with E-state index in [2.05, 4.69) is 26.2 Å². The van der Waals surface area contributed by atoms with Crippen molar-refractivity contribution in [2.45, 2.75) is 19.4 Å². The highest BCUT2D eigenvalue weighted by molar-refractivity contribution is 9.10. The van der Waals surface area contributed by atoms with E-state index in [1.54, 1.807) is 12.3 Å². The third-order valence-corrected chi connectivity index (χ3v) is 3.39. The summed E-state index contributed by atoms with van der Waals surface area (Å²) in [5, 5.41) is 3.29. The zero-order valence-electron chi connectivity index (χ0n) is 10.7. The highest BCUT2D eigenvalue weighted by Gasteiger charge is 2.16. The van der Waals surface area contributed by atoms with Gasteiger partial charge in [-0.2, -0.15) is 0 Å². The molecule has 0 spiro atoms. The van der Waals surface area contributed by atoms with Crippen molar-refractivity contribution in [3.63, 3.8) is 0 Å². The van der Waals surface area contributed by atoms with Crippen LogP contribution >= 0.6 is 15.9 Å². The fourth-order valence-electron chi connectivity index (χ4n) is 2.07. The largest absolute Gasteiger partial charge is 0.309 e. The van der Waals surface area contributed by atoms with E-state index in [1.165, 1.54) is 6.07 Å².